The Kier molecular flexibility index (Phi) is 6.48. The molecule has 0 aromatic heterocycles. The van der Waals surface area contributed by atoms with Crippen molar-refractivity contribution >= 4 is 17.4 Å². The van der Waals surface area contributed by atoms with Gasteiger partial charge in [0, 0.05) is 11.3 Å². The molecule has 0 bridgehead atoms. The molecule has 0 heterocycles. The number of rotatable bonds is 1. The van der Waals surface area contributed by atoms with Crippen LogP contribution in [-0.2, 0) is 11.3 Å². The van der Waals surface area contributed by atoms with Gasteiger partial charge in [-0.2, -0.15) is 0 Å². The van der Waals surface area contributed by atoms with E-state index in [1.807, 2.05) is 36.4 Å². The summed E-state index contributed by atoms with van der Waals surface area (Å²) in [5.41, 5.74) is 0. The fraction of sp³-hybridized carbons (Fsp3) is 0. The van der Waals surface area contributed by atoms with E-state index < -0.39 is 17.4 Å². The summed E-state index contributed by atoms with van der Waals surface area (Å²) < 4.78 is 19.8. The predicted octanol–water partition coefficient (Wildman–Crippen LogP) is 0.735. The van der Waals surface area contributed by atoms with Crippen LogP contribution in [0.1, 0.15) is 0 Å². The van der Waals surface area contributed by atoms with Crippen LogP contribution in [0.25, 0.3) is 0 Å². The number of nitrogens with one attached hydrogen (secondary N) is 1. The third-order valence-electron chi connectivity index (χ3n) is 0.837. The molecule has 0 aliphatic rings. The van der Waals surface area contributed by atoms with Crippen molar-refractivity contribution in [2.24, 2.45) is 0 Å². The van der Waals surface area contributed by atoms with Crippen LogP contribution in [0.5, 0.6) is 0 Å². The van der Waals surface area contributed by atoms with Gasteiger partial charge in [0.05, 0.1) is 0 Å². The van der Waals surface area contributed by atoms with Crippen LogP contribution in [0, 0.1) is 0 Å². The highest BCUT2D eigenvalue weighted by atomic mass is 32.2. The van der Waals surface area contributed by atoms with Gasteiger partial charge in [-0.05, 0) is 0 Å². The van der Waals surface area contributed by atoms with E-state index in [9.17, 15) is 13.6 Å². The highest BCUT2D eigenvalue weighted by molar-refractivity contribution is 7.77. The summed E-state index contributed by atoms with van der Waals surface area (Å²) in [5, 5.41) is 7.58. The molecule has 6 heteroatoms. The number of carbonyl (C=O) groups is 1. The molecule has 0 aliphatic carbocycles. The number of carboxylic acid groups (broad SMARTS) is 1. The van der Waals surface area contributed by atoms with E-state index in [0.29, 0.717) is 0 Å². The molecule has 0 fully saturated rings. The van der Waals surface area contributed by atoms with Gasteiger partial charge in [-0.25, -0.2) is 4.79 Å². The molecule has 1 atom stereocenters. The first-order valence-electron chi connectivity index (χ1n) is 3.22. The number of amides is 1. The summed E-state index contributed by atoms with van der Waals surface area (Å²) in [7, 11) is 0. The Morgan fingerprint density at radius 2 is 1.46 bits per heavy atom. The average Bonchev–Trinajstić information content (AvgIpc) is 2.06. The molecule has 1 aromatic carbocycles. The average molecular weight is 202 g/mol. The molecule has 1 rings (SSSR count). The van der Waals surface area contributed by atoms with E-state index in [4.69, 9.17) is 5.11 Å². The lowest BCUT2D eigenvalue weighted by atomic mass is 10.4. The standard InChI is InChI=1S/C6H6.CH3NO4S/c1-2-4-6-5-3-1;3-1(4)2-7(5)6/h1-6H;2H,(H,3,4)(H,5,6)/p-1. The second-order valence-electron chi connectivity index (χ2n) is 1.80. The van der Waals surface area contributed by atoms with Gasteiger partial charge < -0.3 is 9.66 Å². The lowest BCUT2D eigenvalue weighted by Gasteiger charge is -1.99. The van der Waals surface area contributed by atoms with Crippen LogP contribution in [0.2, 0.25) is 0 Å². The Hall–Kier alpha value is -1.40. The van der Waals surface area contributed by atoms with Gasteiger partial charge in [0.15, 0.2) is 0 Å². The molecule has 1 amide bonds. The molecule has 5 nitrogen and oxygen atoms in total. The number of benzene rings is 1. The van der Waals surface area contributed by atoms with Crippen LogP contribution in [0.4, 0.5) is 4.79 Å². The fourth-order valence-electron chi connectivity index (χ4n) is 0.456. The van der Waals surface area contributed by atoms with Gasteiger partial charge in [0.2, 0.25) is 0 Å². The van der Waals surface area contributed by atoms with Crippen molar-refractivity contribution in [1.29, 1.82) is 0 Å². The maximum atomic E-state index is 9.32. The quantitative estimate of drug-likeness (QED) is 0.657. The molecule has 0 aliphatic heterocycles. The molecule has 2 N–H and O–H groups in total. The van der Waals surface area contributed by atoms with Crippen LogP contribution in [0.15, 0.2) is 36.4 Å². The Morgan fingerprint density at radius 3 is 1.54 bits per heavy atom. The van der Waals surface area contributed by atoms with Gasteiger partial charge in [0.1, 0.15) is 0 Å². The van der Waals surface area contributed by atoms with Crippen molar-refractivity contribution in [3.8, 4) is 0 Å². The largest absolute Gasteiger partial charge is 0.755 e. The van der Waals surface area contributed by atoms with Crippen molar-refractivity contribution in [3.05, 3.63) is 36.4 Å². The summed E-state index contributed by atoms with van der Waals surface area (Å²) >= 11 is -2.70. The zero-order chi connectivity index (χ0) is 10.1. The first kappa shape index (κ1) is 11.6. The lowest BCUT2D eigenvalue weighted by Crippen LogP contribution is -2.22. The zero-order valence-corrected chi connectivity index (χ0v) is 7.36. The molecule has 0 saturated heterocycles. The summed E-state index contributed by atoms with van der Waals surface area (Å²) in [5.74, 6) is 0. The van der Waals surface area contributed by atoms with Crippen LogP contribution in [0.3, 0.4) is 0 Å². The smallest absolute Gasteiger partial charge is 0.415 e. The second kappa shape index (κ2) is 7.26. The van der Waals surface area contributed by atoms with Crippen molar-refractivity contribution < 1.29 is 18.7 Å². The molecule has 0 saturated carbocycles. The Labute approximate surface area is 77.8 Å². The zero-order valence-electron chi connectivity index (χ0n) is 6.54. The molecular weight excluding hydrogens is 194 g/mol. The topological polar surface area (TPSA) is 89.5 Å². The minimum Gasteiger partial charge on any atom is -0.755 e. The van der Waals surface area contributed by atoms with Gasteiger partial charge in [0.25, 0.3) is 0 Å². The van der Waals surface area contributed by atoms with Crippen molar-refractivity contribution in [3.63, 3.8) is 0 Å². The summed E-state index contributed by atoms with van der Waals surface area (Å²) in [4.78, 5) is 9.31. The molecule has 1 aromatic rings. The third kappa shape index (κ3) is 10.6. The third-order valence-corrected chi connectivity index (χ3v) is 1.18. The highest BCUT2D eigenvalue weighted by Gasteiger charge is 1.87. The van der Waals surface area contributed by atoms with Gasteiger partial charge in [-0.3, -0.25) is 8.93 Å². The van der Waals surface area contributed by atoms with E-state index in [1.165, 1.54) is 0 Å². The van der Waals surface area contributed by atoms with Gasteiger partial charge in [-0.1, -0.05) is 36.4 Å². The minimum atomic E-state index is -2.70. The molecule has 0 spiro atoms. The van der Waals surface area contributed by atoms with E-state index in [-0.39, 0.29) is 0 Å². The van der Waals surface area contributed by atoms with Gasteiger partial charge in [-0.15, -0.1) is 0 Å². The van der Waals surface area contributed by atoms with E-state index in [2.05, 4.69) is 0 Å². The Morgan fingerprint density at radius 1 is 1.15 bits per heavy atom. The summed E-state index contributed by atoms with van der Waals surface area (Å²) in [6.07, 6.45) is -1.58. The van der Waals surface area contributed by atoms with Crippen molar-refractivity contribution in [2.75, 3.05) is 0 Å². The van der Waals surface area contributed by atoms with E-state index in [0.717, 1.165) is 4.72 Å². The second-order valence-corrected chi connectivity index (χ2v) is 2.47. The highest BCUT2D eigenvalue weighted by Crippen LogP contribution is 1.79. The van der Waals surface area contributed by atoms with E-state index >= 15 is 0 Å². The number of hydrogen-bond acceptors (Lipinski definition) is 3. The monoisotopic (exact) mass is 202 g/mol. The van der Waals surface area contributed by atoms with Gasteiger partial charge >= 0.3 is 6.09 Å². The molecule has 72 valence electrons. The SMILES string of the molecule is O=C(O)NS(=O)[O-].c1ccccc1. The normalized spacial score (nSPS) is 10.5. The molecule has 0 radical (unpaired) electrons. The van der Waals surface area contributed by atoms with Crippen LogP contribution in [-0.4, -0.2) is 20.0 Å². The van der Waals surface area contributed by atoms with E-state index in [1.54, 1.807) is 0 Å². The summed E-state index contributed by atoms with van der Waals surface area (Å²) in [6.45, 7) is 0. The van der Waals surface area contributed by atoms with Crippen molar-refractivity contribution in [2.45, 2.75) is 0 Å². The molecular formula is C7H8NO4S-. The van der Waals surface area contributed by atoms with Crippen molar-refractivity contribution in [1.82, 2.24) is 4.72 Å². The molecule has 13 heavy (non-hydrogen) atoms. The fourth-order valence-corrected chi connectivity index (χ4v) is 0.599. The summed E-state index contributed by atoms with van der Waals surface area (Å²) in [6, 6.07) is 12.0. The van der Waals surface area contributed by atoms with Crippen LogP contribution < -0.4 is 4.72 Å². The Bertz CT molecular complexity index is 226. The predicted molar refractivity (Wildman–Crippen MR) is 46.5 cm³/mol. The maximum absolute atomic E-state index is 9.32. The Balaban J connectivity index is 0.000000223. The lowest BCUT2D eigenvalue weighted by molar-refractivity contribution is 0.200. The van der Waals surface area contributed by atoms with Crippen LogP contribution >= 0.6 is 0 Å². The number of hydrogen-bond donors (Lipinski definition) is 2. The minimum absolute atomic E-state index is 1.14. The maximum Gasteiger partial charge on any atom is 0.415 e. The first-order valence-corrected chi connectivity index (χ1v) is 4.29. The first-order chi connectivity index (χ1) is 6.13. The molecule has 1 unspecified atom stereocenters.